The van der Waals surface area contributed by atoms with Crippen LogP contribution < -0.4 is 5.32 Å². The molecule has 0 aliphatic rings. The Labute approximate surface area is 106 Å². The molecule has 0 fully saturated rings. The van der Waals surface area contributed by atoms with Gasteiger partial charge in [-0.1, -0.05) is 12.1 Å². The lowest BCUT2D eigenvalue weighted by atomic mass is 10.1. The second-order valence-corrected chi connectivity index (χ2v) is 3.74. The molecule has 7 heteroatoms. The summed E-state index contributed by atoms with van der Waals surface area (Å²) in [6.07, 6.45) is -3.39. The summed E-state index contributed by atoms with van der Waals surface area (Å²) in [4.78, 5) is 15.4. The fourth-order valence-electron chi connectivity index (χ4n) is 1.49. The number of hydrogen-bond donors (Lipinski definition) is 1. The van der Waals surface area contributed by atoms with Gasteiger partial charge >= 0.3 is 6.18 Å². The molecule has 0 radical (unpaired) electrons. The number of carbonyl (C=O) groups is 1. The smallest absolute Gasteiger partial charge is 0.418 e. The molecule has 1 aromatic carbocycles. The number of halogens is 3. The number of aromatic nitrogens is 1. The number of oxazole rings is 1. The molecule has 1 heterocycles. The molecular weight excluding hydrogens is 261 g/mol. The maximum Gasteiger partial charge on any atom is 0.418 e. The van der Waals surface area contributed by atoms with E-state index in [1.165, 1.54) is 25.1 Å². The molecular formula is C12H9F3N2O2. The van der Waals surface area contributed by atoms with E-state index in [0.29, 0.717) is 0 Å². The summed E-state index contributed by atoms with van der Waals surface area (Å²) >= 11 is 0. The summed E-state index contributed by atoms with van der Waals surface area (Å²) in [5, 5.41) is 2.15. The van der Waals surface area contributed by atoms with Gasteiger partial charge in [0.2, 0.25) is 5.76 Å². The first-order valence-corrected chi connectivity index (χ1v) is 5.28. The number of para-hydroxylation sites is 1. The Kier molecular flexibility index (Phi) is 3.28. The number of aryl methyl sites for hydroxylation is 1. The molecule has 19 heavy (non-hydrogen) atoms. The number of benzene rings is 1. The van der Waals surface area contributed by atoms with Crippen molar-refractivity contribution in [2.75, 3.05) is 5.32 Å². The molecule has 0 spiro atoms. The topological polar surface area (TPSA) is 55.1 Å². The second kappa shape index (κ2) is 4.75. The first-order chi connectivity index (χ1) is 8.88. The van der Waals surface area contributed by atoms with Crippen molar-refractivity contribution in [2.24, 2.45) is 0 Å². The molecule has 0 unspecified atom stereocenters. The largest absolute Gasteiger partial charge is 0.436 e. The average Bonchev–Trinajstić information content (AvgIpc) is 2.75. The summed E-state index contributed by atoms with van der Waals surface area (Å²) in [7, 11) is 0. The van der Waals surface area contributed by atoms with E-state index in [2.05, 4.69) is 10.3 Å². The Bertz CT molecular complexity index is 605. The van der Waals surface area contributed by atoms with Crippen molar-refractivity contribution in [3.8, 4) is 0 Å². The maximum absolute atomic E-state index is 12.7. The van der Waals surface area contributed by atoms with Gasteiger partial charge < -0.3 is 9.73 Å². The normalized spacial score (nSPS) is 11.4. The molecule has 0 aliphatic heterocycles. The Balaban J connectivity index is 2.27. The SMILES string of the molecule is Cc1ncc(C(=O)Nc2ccccc2C(F)(F)F)o1. The van der Waals surface area contributed by atoms with Crippen LogP contribution in [0.3, 0.4) is 0 Å². The van der Waals surface area contributed by atoms with Gasteiger partial charge in [-0.3, -0.25) is 4.79 Å². The zero-order valence-electron chi connectivity index (χ0n) is 9.78. The molecule has 0 atom stereocenters. The number of nitrogens with zero attached hydrogens (tertiary/aromatic N) is 1. The molecule has 0 saturated heterocycles. The van der Waals surface area contributed by atoms with Gasteiger partial charge in [-0.25, -0.2) is 4.98 Å². The van der Waals surface area contributed by atoms with E-state index in [9.17, 15) is 18.0 Å². The standard InChI is InChI=1S/C12H9F3N2O2/c1-7-16-6-10(19-7)11(18)17-9-5-3-2-4-8(9)12(13,14)15/h2-6H,1H3,(H,17,18). The van der Waals surface area contributed by atoms with Crippen LogP contribution in [0.25, 0.3) is 0 Å². The highest BCUT2D eigenvalue weighted by molar-refractivity contribution is 6.02. The molecule has 0 aliphatic carbocycles. The minimum absolute atomic E-state index is 0.144. The number of rotatable bonds is 2. The Hall–Kier alpha value is -2.31. The van der Waals surface area contributed by atoms with E-state index < -0.39 is 17.6 Å². The van der Waals surface area contributed by atoms with Crippen LogP contribution in [-0.2, 0) is 6.18 Å². The third-order valence-electron chi connectivity index (χ3n) is 2.33. The Morgan fingerprint density at radius 3 is 2.58 bits per heavy atom. The number of nitrogens with one attached hydrogen (secondary N) is 1. The highest BCUT2D eigenvalue weighted by Crippen LogP contribution is 2.34. The van der Waals surface area contributed by atoms with Crippen LogP contribution in [0.1, 0.15) is 22.0 Å². The molecule has 0 bridgehead atoms. The van der Waals surface area contributed by atoms with Gasteiger partial charge in [0.25, 0.3) is 5.91 Å². The van der Waals surface area contributed by atoms with Gasteiger partial charge in [0.05, 0.1) is 17.4 Å². The summed E-state index contributed by atoms with van der Waals surface area (Å²) in [6, 6.07) is 4.71. The highest BCUT2D eigenvalue weighted by atomic mass is 19.4. The summed E-state index contributed by atoms with van der Waals surface area (Å²) in [6.45, 7) is 1.53. The molecule has 1 N–H and O–H groups in total. The molecule has 0 saturated carbocycles. The maximum atomic E-state index is 12.7. The third-order valence-corrected chi connectivity index (χ3v) is 2.33. The van der Waals surface area contributed by atoms with Crippen molar-refractivity contribution in [2.45, 2.75) is 13.1 Å². The van der Waals surface area contributed by atoms with E-state index in [-0.39, 0.29) is 17.3 Å². The van der Waals surface area contributed by atoms with Gasteiger partial charge in [0.1, 0.15) is 0 Å². The number of alkyl halides is 3. The van der Waals surface area contributed by atoms with E-state index in [4.69, 9.17) is 4.42 Å². The van der Waals surface area contributed by atoms with E-state index in [0.717, 1.165) is 12.3 Å². The van der Waals surface area contributed by atoms with Gasteiger partial charge in [-0.15, -0.1) is 0 Å². The third kappa shape index (κ3) is 2.93. The summed E-state index contributed by atoms with van der Waals surface area (Å²) in [5.74, 6) is -0.666. The molecule has 100 valence electrons. The highest BCUT2D eigenvalue weighted by Gasteiger charge is 2.33. The molecule has 2 rings (SSSR count). The summed E-state index contributed by atoms with van der Waals surface area (Å²) in [5.41, 5.74) is -1.24. The van der Waals surface area contributed by atoms with Crippen molar-refractivity contribution < 1.29 is 22.4 Å². The monoisotopic (exact) mass is 270 g/mol. The quantitative estimate of drug-likeness (QED) is 0.911. The lowest BCUT2D eigenvalue weighted by Crippen LogP contribution is -2.16. The van der Waals surface area contributed by atoms with E-state index >= 15 is 0 Å². The fourth-order valence-corrected chi connectivity index (χ4v) is 1.49. The van der Waals surface area contributed by atoms with Gasteiger partial charge in [-0.2, -0.15) is 13.2 Å². The molecule has 1 amide bonds. The first-order valence-electron chi connectivity index (χ1n) is 5.28. The van der Waals surface area contributed by atoms with Crippen LogP contribution in [0.2, 0.25) is 0 Å². The zero-order valence-corrected chi connectivity index (χ0v) is 9.78. The predicted molar refractivity (Wildman–Crippen MR) is 60.6 cm³/mol. The molecule has 2 aromatic rings. The van der Waals surface area contributed by atoms with Crippen molar-refractivity contribution in [1.82, 2.24) is 4.98 Å². The van der Waals surface area contributed by atoms with E-state index in [1.54, 1.807) is 0 Å². The average molecular weight is 270 g/mol. The van der Waals surface area contributed by atoms with Crippen LogP contribution in [0.5, 0.6) is 0 Å². The van der Waals surface area contributed by atoms with Gasteiger partial charge in [-0.05, 0) is 12.1 Å². The van der Waals surface area contributed by atoms with Crippen molar-refractivity contribution in [3.63, 3.8) is 0 Å². The number of carbonyl (C=O) groups excluding carboxylic acids is 1. The summed E-state index contributed by atoms with van der Waals surface area (Å²) < 4.78 is 43.1. The molecule has 1 aromatic heterocycles. The van der Waals surface area contributed by atoms with Crippen LogP contribution in [-0.4, -0.2) is 10.9 Å². The lowest BCUT2D eigenvalue weighted by Gasteiger charge is -2.12. The van der Waals surface area contributed by atoms with Crippen molar-refractivity contribution in [3.05, 3.63) is 47.7 Å². The van der Waals surface area contributed by atoms with Crippen molar-refractivity contribution >= 4 is 11.6 Å². The Morgan fingerprint density at radius 1 is 1.32 bits per heavy atom. The fraction of sp³-hybridized carbons (Fsp3) is 0.167. The van der Waals surface area contributed by atoms with Gasteiger partial charge in [0.15, 0.2) is 5.89 Å². The zero-order chi connectivity index (χ0) is 14.0. The first kappa shape index (κ1) is 13.1. The van der Waals surface area contributed by atoms with Gasteiger partial charge in [0, 0.05) is 6.92 Å². The van der Waals surface area contributed by atoms with Crippen LogP contribution in [0.4, 0.5) is 18.9 Å². The lowest BCUT2D eigenvalue weighted by molar-refractivity contribution is -0.136. The van der Waals surface area contributed by atoms with Crippen LogP contribution in [0, 0.1) is 6.92 Å². The predicted octanol–water partition coefficient (Wildman–Crippen LogP) is 3.25. The number of anilines is 1. The Morgan fingerprint density at radius 2 is 2.00 bits per heavy atom. The van der Waals surface area contributed by atoms with Crippen LogP contribution in [0.15, 0.2) is 34.9 Å². The number of amides is 1. The minimum Gasteiger partial charge on any atom is -0.436 e. The minimum atomic E-state index is -4.54. The number of hydrogen-bond acceptors (Lipinski definition) is 3. The molecule has 4 nitrogen and oxygen atoms in total. The second-order valence-electron chi connectivity index (χ2n) is 3.74. The van der Waals surface area contributed by atoms with Crippen molar-refractivity contribution in [1.29, 1.82) is 0 Å². The van der Waals surface area contributed by atoms with E-state index in [1.807, 2.05) is 0 Å². The van der Waals surface area contributed by atoms with Crippen LogP contribution >= 0.6 is 0 Å².